The molecule has 1 atom stereocenters. The Kier molecular flexibility index (Phi) is 5.48. The standard InChI is InChI=1S/C34H26Cl2O2S/c1-19-5-14-29(39-19)34(20-6-10-23(37-4)11-7-20)16-15-26-31-30(24-12-8-21(35)17-27(24)32(26)38-34)25-13-9-22(36)18-28(25)33(31,2)3/h5-18H,1-4H3. The van der Waals surface area contributed by atoms with Crippen LogP contribution in [-0.4, -0.2) is 7.11 Å². The molecule has 0 spiro atoms. The molecule has 0 saturated heterocycles. The zero-order chi connectivity index (χ0) is 27.1. The summed E-state index contributed by atoms with van der Waals surface area (Å²) in [4.78, 5) is 2.35. The van der Waals surface area contributed by atoms with Gasteiger partial charge in [0, 0.05) is 36.9 Å². The minimum atomic E-state index is -0.791. The average molecular weight is 570 g/mol. The molecule has 0 amide bonds. The van der Waals surface area contributed by atoms with Gasteiger partial charge in [-0.15, -0.1) is 11.3 Å². The highest BCUT2D eigenvalue weighted by Gasteiger charge is 2.44. The lowest BCUT2D eigenvalue weighted by Crippen LogP contribution is -2.34. The number of hydrogen-bond acceptors (Lipinski definition) is 3. The van der Waals surface area contributed by atoms with Crippen molar-refractivity contribution < 1.29 is 9.47 Å². The summed E-state index contributed by atoms with van der Waals surface area (Å²) in [6, 6.07) is 24.9. The van der Waals surface area contributed by atoms with E-state index >= 15 is 0 Å². The van der Waals surface area contributed by atoms with Gasteiger partial charge < -0.3 is 9.47 Å². The van der Waals surface area contributed by atoms with Gasteiger partial charge in [-0.2, -0.15) is 0 Å². The Labute approximate surface area is 242 Å². The molecule has 2 aliphatic rings. The summed E-state index contributed by atoms with van der Waals surface area (Å²) in [7, 11) is 1.68. The van der Waals surface area contributed by atoms with Gasteiger partial charge in [-0.25, -0.2) is 0 Å². The van der Waals surface area contributed by atoms with Gasteiger partial charge in [-0.1, -0.05) is 67.4 Å². The molecule has 4 aromatic carbocycles. The molecule has 194 valence electrons. The van der Waals surface area contributed by atoms with Crippen LogP contribution < -0.4 is 9.47 Å². The van der Waals surface area contributed by atoms with Crippen molar-refractivity contribution in [3.63, 3.8) is 0 Å². The first-order valence-electron chi connectivity index (χ1n) is 12.9. The third-order valence-corrected chi connectivity index (χ3v) is 9.77. The Morgan fingerprint density at radius 3 is 2.31 bits per heavy atom. The fourth-order valence-electron chi connectivity index (χ4n) is 6.33. The summed E-state index contributed by atoms with van der Waals surface area (Å²) in [5, 5.41) is 3.56. The molecule has 5 heteroatoms. The van der Waals surface area contributed by atoms with Gasteiger partial charge in [0.25, 0.3) is 0 Å². The number of fused-ring (bicyclic) bond motifs is 8. The van der Waals surface area contributed by atoms with E-state index in [4.69, 9.17) is 32.7 Å². The fraction of sp³-hybridized carbons (Fsp3) is 0.176. The second kappa shape index (κ2) is 8.63. The lowest BCUT2D eigenvalue weighted by molar-refractivity contribution is 0.167. The molecule has 7 rings (SSSR count). The molecule has 1 aromatic heterocycles. The zero-order valence-electron chi connectivity index (χ0n) is 22.1. The van der Waals surface area contributed by atoms with Gasteiger partial charge in [0.1, 0.15) is 11.5 Å². The lowest BCUT2D eigenvalue weighted by Gasteiger charge is -2.37. The minimum Gasteiger partial charge on any atom is -0.497 e. The van der Waals surface area contributed by atoms with Crippen molar-refractivity contribution in [1.29, 1.82) is 0 Å². The second-order valence-electron chi connectivity index (χ2n) is 10.8. The molecule has 5 aromatic rings. The Morgan fingerprint density at radius 2 is 1.59 bits per heavy atom. The smallest absolute Gasteiger partial charge is 0.187 e. The van der Waals surface area contributed by atoms with E-state index in [9.17, 15) is 0 Å². The van der Waals surface area contributed by atoms with Gasteiger partial charge in [0.05, 0.1) is 12.0 Å². The average Bonchev–Trinajstić information content (AvgIpc) is 3.47. The van der Waals surface area contributed by atoms with Crippen LogP contribution in [0.1, 0.15) is 45.9 Å². The minimum absolute atomic E-state index is 0.263. The molecule has 1 aliphatic heterocycles. The number of rotatable bonds is 3. The van der Waals surface area contributed by atoms with E-state index in [0.29, 0.717) is 5.02 Å². The normalized spacial score (nSPS) is 18.4. The van der Waals surface area contributed by atoms with Crippen LogP contribution in [0.3, 0.4) is 0 Å². The summed E-state index contributed by atoms with van der Waals surface area (Å²) in [6.45, 7) is 6.68. The van der Waals surface area contributed by atoms with Crippen LogP contribution >= 0.6 is 34.5 Å². The van der Waals surface area contributed by atoms with E-state index in [1.165, 1.54) is 27.1 Å². The maximum atomic E-state index is 7.29. The fourth-order valence-corrected chi connectivity index (χ4v) is 7.68. The molecule has 0 N–H and O–H groups in total. The molecule has 0 radical (unpaired) electrons. The van der Waals surface area contributed by atoms with Gasteiger partial charge in [0.15, 0.2) is 5.60 Å². The number of halogens is 2. The molecule has 39 heavy (non-hydrogen) atoms. The Balaban J connectivity index is 1.56. The third kappa shape index (κ3) is 3.53. The van der Waals surface area contributed by atoms with Crippen LogP contribution in [-0.2, 0) is 11.0 Å². The molecule has 1 aliphatic carbocycles. The molecule has 0 fully saturated rings. The highest BCUT2D eigenvalue weighted by atomic mass is 35.5. The number of methoxy groups -OCH3 is 1. The summed E-state index contributed by atoms with van der Waals surface area (Å²) < 4.78 is 12.7. The zero-order valence-corrected chi connectivity index (χ0v) is 24.4. The Morgan fingerprint density at radius 1 is 0.846 bits per heavy atom. The number of thiophene rings is 1. The number of ether oxygens (including phenoxy) is 2. The molecular formula is C34H26Cl2O2S. The number of aryl methyl sites for hydroxylation is 1. The van der Waals surface area contributed by atoms with Gasteiger partial charge in [0.2, 0.25) is 0 Å². The highest BCUT2D eigenvalue weighted by Crippen LogP contribution is 2.58. The van der Waals surface area contributed by atoms with Crippen molar-refractivity contribution in [2.75, 3.05) is 7.11 Å². The molecule has 0 saturated carbocycles. The van der Waals surface area contributed by atoms with Crippen LogP contribution in [0.4, 0.5) is 0 Å². The van der Waals surface area contributed by atoms with E-state index in [1.807, 2.05) is 30.3 Å². The first-order chi connectivity index (χ1) is 18.7. The largest absolute Gasteiger partial charge is 0.497 e. The van der Waals surface area contributed by atoms with Crippen LogP contribution in [0.5, 0.6) is 11.5 Å². The quantitative estimate of drug-likeness (QED) is 0.215. The summed E-state index contributed by atoms with van der Waals surface area (Å²) in [5.41, 5.74) is 6.00. The van der Waals surface area contributed by atoms with Crippen molar-refractivity contribution >= 4 is 51.4 Å². The molecule has 2 nitrogen and oxygen atoms in total. The monoisotopic (exact) mass is 568 g/mol. The molecule has 2 heterocycles. The highest BCUT2D eigenvalue weighted by molar-refractivity contribution is 7.12. The first kappa shape index (κ1) is 24.8. The predicted octanol–water partition coefficient (Wildman–Crippen LogP) is 10.2. The summed E-state index contributed by atoms with van der Waals surface area (Å²) in [6.07, 6.45) is 4.47. The van der Waals surface area contributed by atoms with Crippen LogP contribution in [0.2, 0.25) is 10.0 Å². The molecule has 0 bridgehead atoms. The molecule has 1 unspecified atom stereocenters. The third-order valence-electron chi connectivity index (χ3n) is 8.18. The van der Waals surface area contributed by atoms with Crippen molar-refractivity contribution in [2.45, 2.75) is 31.8 Å². The second-order valence-corrected chi connectivity index (χ2v) is 13.0. The maximum absolute atomic E-state index is 7.29. The van der Waals surface area contributed by atoms with E-state index in [1.54, 1.807) is 18.4 Å². The molecular weight excluding hydrogens is 543 g/mol. The Bertz CT molecular complexity index is 1830. The van der Waals surface area contributed by atoms with Gasteiger partial charge in [-0.05, 0) is 89.2 Å². The van der Waals surface area contributed by atoms with Crippen LogP contribution in [0, 0.1) is 6.92 Å². The van der Waals surface area contributed by atoms with Crippen LogP contribution in [0.25, 0.3) is 28.0 Å². The van der Waals surface area contributed by atoms with Gasteiger partial charge in [-0.3, -0.25) is 0 Å². The van der Waals surface area contributed by atoms with Crippen molar-refractivity contribution in [1.82, 2.24) is 0 Å². The Hall–Kier alpha value is -3.24. The van der Waals surface area contributed by atoms with Gasteiger partial charge >= 0.3 is 0 Å². The van der Waals surface area contributed by atoms with E-state index in [0.717, 1.165) is 43.3 Å². The van der Waals surface area contributed by atoms with E-state index in [2.05, 4.69) is 75.4 Å². The lowest BCUT2D eigenvalue weighted by atomic mass is 9.77. The predicted molar refractivity (Wildman–Crippen MR) is 164 cm³/mol. The van der Waals surface area contributed by atoms with Crippen molar-refractivity contribution in [2.24, 2.45) is 0 Å². The van der Waals surface area contributed by atoms with Crippen molar-refractivity contribution in [3.05, 3.63) is 121 Å². The maximum Gasteiger partial charge on any atom is 0.187 e. The van der Waals surface area contributed by atoms with Crippen molar-refractivity contribution in [3.8, 4) is 22.6 Å². The first-order valence-corrected chi connectivity index (χ1v) is 14.5. The number of hydrogen-bond donors (Lipinski definition) is 0. The topological polar surface area (TPSA) is 18.5 Å². The summed E-state index contributed by atoms with van der Waals surface area (Å²) in [5.74, 6) is 1.66. The van der Waals surface area contributed by atoms with Crippen LogP contribution in [0.15, 0.2) is 78.9 Å². The van der Waals surface area contributed by atoms with E-state index < -0.39 is 5.60 Å². The summed E-state index contributed by atoms with van der Waals surface area (Å²) >= 11 is 14.9. The van der Waals surface area contributed by atoms with E-state index in [-0.39, 0.29) is 5.41 Å². The SMILES string of the molecule is COc1ccc(C2(c3ccc(C)s3)C=Cc3c4c(c5ccc(Cl)cc5c3O2)-c2ccc(Cl)cc2C4(C)C)cc1. The number of benzene rings is 4.